The van der Waals surface area contributed by atoms with E-state index in [-0.39, 0.29) is 24.8 Å². The number of ketones is 1. The highest BCUT2D eigenvalue weighted by atomic mass is 19.1. The van der Waals surface area contributed by atoms with Gasteiger partial charge in [-0.15, -0.1) is 0 Å². The van der Waals surface area contributed by atoms with Gasteiger partial charge in [-0.3, -0.25) is 4.79 Å². The van der Waals surface area contributed by atoms with Crippen LogP contribution < -0.4 is 4.90 Å². The van der Waals surface area contributed by atoms with E-state index in [1.807, 2.05) is 11.9 Å². The van der Waals surface area contributed by atoms with Crippen molar-refractivity contribution in [3.63, 3.8) is 0 Å². The zero-order chi connectivity index (χ0) is 14.4. The molecule has 0 radical (unpaired) electrons. The maximum atomic E-state index is 13.5. The van der Waals surface area contributed by atoms with Crippen LogP contribution in [0.4, 0.5) is 10.1 Å². The molecule has 0 unspecified atom stereocenters. The lowest BCUT2D eigenvalue weighted by molar-refractivity contribution is 0.0969. The summed E-state index contributed by atoms with van der Waals surface area (Å²) in [5, 5.41) is 8.61. The van der Waals surface area contributed by atoms with E-state index in [1.165, 1.54) is 13.0 Å². The summed E-state index contributed by atoms with van der Waals surface area (Å²) in [5.74, 6) is -0.545. The first-order valence-corrected chi connectivity index (χ1v) is 6.18. The Labute approximate surface area is 112 Å². The second kappa shape index (κ2) is 7.21. The summed E-state index contributed by atoms with van der Waals surface area (Å²) in [7, 11) is 1.82. The number of carbonyl (C=O) groups excluding carboxylic acids is 1. The molecular weight excluding hydrogens is 249 g/mol. The molecule has 0 heterocycles. The van der Waals surface area contributed by atoms with Crippen LogP contribution in [0.1, 0.15) is 22.8 Å². The number of ether oxygens (including phenoxy) is 1. The first-order chi connectivity index (χ1) is 8.97. The van der Waals surface area contributed by atoms with Crippen LogP contribution in [0.15, 0.2) is 12.1 Å². The molecule has 0 aromatic heterocycles. The standard InChI is InChI=1S/C14H20FNO3/c1-10-8-14(12(11(2)18)9-13(10)15)16(3)4-6-19-7-5-17/h8-9,17H,4-7H2,1-3H3. The van der Waals surface area contributed by atoms with Crippen molar-refractivity contribution in [3.05, 3.63) is 29.1 Å². The van der Waals surface area contributed by atoms with Gasteiger partial charge >= 0.3 is 0 Å². The van der Waals surface area contributed by atoms with Gasteiger partial charge in [0.25, 0.3) is 0 Å². The lowest BCUT2D eigenvalue weighted by Crippen LogP contribution is -2.25. The normalized spacial score (nSPS) is 10.6. The molecule has 0 atom stereocenters. The fourth-order valence-electron chi connectivity index (χ4n) is 1.75. The Morgan fingerprint density at radius 2 is 2.11 bits per heavy atom. The molecule has 0 amide bonds. The summed E-state index contributed by atoms with van der Waals surface area (Å²) in [6, 6.07) is 2.94. The van der Waals surface area contributed by atoms with Crippen molar-refractivity contribution in [2.45, 2.75) is 13.8 Å². The maximum Gasteiger partial charge on any atom is 0.161 e. The lowest BCUT2D eigenvalue weighted by atomic mass is 10.1. The number of aliphatic hydroxyl groups excluding tert-OH is 1. The van der Waals surface area contributed by atoms with E-state index in [4.69, 9.17) is 9.84 Å². The number of benzene rings is 1. The number of aryl methyl sites for hydroxylation is 1. The molecule has 0 aliphatic rings. The van der Waals surface area contributed by atoms with E-state index in [1.54, 1.807) is 13.0 Å². The van der Waals surface area contributed by atoms with Gasteiger partial charge in [0.2, 0.25) is 0 Å². The number of hydrogen-bond donors (Lipinski definition) is 1. The molecule has 106 valence electrons. The van der Waals surface area contributed by atoms with Crippen molar-refractivity contribution < 1.29 is 19.0 Å². The average Bonchev–Trinajstić information content (AvgIpc) is 2.36. The van der Waals surface area contributed by atoms with Crippen LogP contribution >= 0.6 is 0 Å². The van der Waals surface area contributed by atoms with Gasteiger partial charge in [-0.2, -0.15) is 0 Å². The summed E-state index contributed by atoms with van der Waals surface area (Å²) >= 11 is 0. The van der Waals surface area contributed by atoms with Crippen LogP contribution in [0.3, 0.4) is 0 Å². The predicted molar refractivity (Wildman–Crippen MR) is 72.3 cm³/mol. The van der Waals surface area contributed by atoms with Gasteiger partial charge in [0.1, 0.15) is 5.82 Å². The van der Waals surface area contributed by atoms with Gasteiger partial charge in [-0.05, 0) is 31.5 Å². The number of aliphatic hydroxyl groups is 1. The van der Waals surface area contributed by atoms with E-state index in [9.17, 15) is 9.18 Å². The fourth-order valence-corrected chi connectivity index (χ4v) is 1.75. The minimum absolute atomic E-state index is 0.0158. The molecule has 0 saturated carbocycles. The van der Waals surface area contributed by atoms with Crippen LogP contribution in [-0.4, -0.2) is 44.3 Å². The molecule has 0 fully saturated rings. The summed E-state index contributed by atoms with van der Waals surface area (Å²) in [5.41, 5.74) is 1.56. The molecule has 5 heteroatoms. The summed E-state index contributed by atoms with van der Waals surface area (Å²) in [4.78, 5) is 13.4. The highest BCUT2D eigenvalue weighted by Crippen LogP contribution is 2.24. The molecule has 0 spiro atoms. The maximum absolute atomic E-state index is 13.5. The highest BCUT2D eigenvalue weighted by molar-refractivity contribution is 5.99. The lowest BCUT2D eigenvalue weighted by Gasteiger charge is -2.22. The van der Waals surface area contributed by atoms with Gasteiger partial charge in [0, 0.05) is 24.8 Å². The number of nitrogens with zero attached hydrogens (tertiary/aromatic N) is 1. The Morgan fingerprint density at radius 1 is 1.42 bits per heavy atom. The number of halogens is 1. The van der Waals surface area contributed by atoms with Crippen LogP contribution in [-0.2, 0) is 4.74 Å². The first-order valence-electron chi connectivity index (χ1n) is 6.18. The molecule has 0 aliphatic carbocycles. The third-order valence-electron chi connectivity index (χ3n) is 2.87. The third-order valence-corrected chi connectivity index (χ3v) is 2.87. The molecule has 0 saturated heterocycles. The SMILES string of the molecule is CC(=O)c1cc(F)c(C)cc1N(C)CCOCCO. The Kier molecular flexibility index (Phi) is 5.92. The minimum atomic E-state index is -0.376. The molecule has 19 heavy (non-hydrogen) atoms. The third kappa shape index (κ3) is 4.29. The van der Waals surface area contributed by atoms with E-state index >= 15 is 0 Å². The van der Waals surface area contributed by atoms with Crippen molar-refractivity contribution in [1.29, 1.82) is 0 Å². The predicted octanol–water partition coefficient (Wildman–Crippen LogP) is 1.78. The number of hydrogen-bond acceptors (Lipinski definition) is 4. The average molecular weight is 269 g/mol. The van der Waals surface area contributed by atoms with Crippen LogP contribution in [0.2, 0.25) is 0 Å². The van der Waals surface area contributed by atoms with E-state index in [0.29, 0.717) is 30.0 Å². The summed E-state index contributed by atoms with van der Waals surface area (Å²) < 4.78 is 18.7. The topological polar surface area (TPSA) is 49.8 Å². The second-order valence-corrected chi connectivity index (χ2v) is 4.43. The van der Waals surface area contributed by atoms with Crippen molar-refractivity contribution >= 4 is 11.5 Å². The van der Waals surface area contributed by atoms with E-state index < -0.39 is 0 Å². The van der Waals surface area contributed by atoms with Gasteiger partial charge in [0.15, 0.2) is 5.78 Å². The molecule has 1 rings (SSSR count). The fraction of sp³-hybridized carbons (Fsp3) is 0.500. The number of likely N-dealkylation sites (N-methyl/N-ethyl adjacent to an activating group) is 1. The molecular formula is C14H20FNO3. The van der Waals surface area contributed by atoms with Crippen molar-refractivity contribution in [2.24, 2.45) is 0 Å². The number of rotatable bonds is 7. The number of Topliss-reactive ketones (excluding diaryl/α,β-unsaturated/α-hetero) is 1. The summed E-state index contributed by atoms with van der Waals surface area (Å²) in [6.07, 6.45) is 0. The zero-order valence-corrected chi connectivity index (χ0v) is 11.6. The molecule has 1 aromatic carbocycles. The van der Waals surface area contributed by atoms with Gasteiger partial charge in [-0.25, -0.2) is 4.39 Å². The Balaban J connectivity index is 2.85. The van der Waals surface area contributed by atoms with Crippen LogP contribution in [0.5, 0.6) is 0 Å². The molecule has 1 N–H and O–H groups in total. The van der Waals surface area contributed by atoms with Crippen molar-refractivity contribution in [2.75, 3.05) is 38.3 Å². The van der Waals surface area contributed by atoms with Crippen LogP contribution in [0, 0.1) is 12.7 Å². The molecule has 0 bridgehead atoms. The largest absolute Gasteiger partial charge is 0.394 e. The van der Waals surface area contributed by atoms with Crippen molar-refractivity contribution in [1.82, 2.24) is 0 Å². The van der Waals surface area contributed by atoms with Gasteiger partial charge in [0.05, 0.1) is 19.8 Å². The van der Waals surface area contributed by atoms with Gasteiger partial charge < -0.3 is 14.7 Å². The monoisotopic (exact) mass is 269 g/mol. The minimum Gasteiger partial charge on any atom is -0.394 e. The smallest absolute Gasteiger partial charge is 0.161 e. The Hall–Kier alpha value is -1.46. The second-order valence-electron chi connectivity index (χ2n) is 4.43. The zero-order valence-electron chi connectivity index (χ0n) is 11.6. The molecule has 4 nitrogen and oxygen atoms in total. The summed E-state index contributed by atoms with van der Waals surface area (Å²) in [6.45, 7) is 4.35. The molecule has 0 aliphatic heterocycles. The number of carbonyl (C=O) groups is 1. The van der Waals surface area contributed by atoms with E-state index in [0.717, 1.165) is 0 Å². The van der Waals surface area contributed by atoms with Gasteiger partial charge in [-0.1, -0.05) is 0 Å². The quantitative estimate of drug-likeness (QED) is 0.605. The number of anilines is 1. The Bertz CT molecular complexity index is 449. The highest BCUT2D eigenvalue weighted by Gasteiger charge is 2.14. The first kappa shape index (κ1) is 15.6. The molecule has 1 aromatic rings. The van der Waals surface area contributed by atoms with Crippen molar-refractivity contribution in [3.8, 4) is 0 Å². The van der Waals surface area contributed by atoms with E-state index in [2.05, 4.69) is 0 Å². The van der Waals surface area contributed by atoms with Crippen LogP contribution in [0.25, 0.3) is 0 Å². The Morgan fingerprint density at radius 3 is 2.68 bits per heavy atom.